The molecule has 4 aliphatic rings. The molecule has 14 rings (SSSR count). The maximum atomic E-state index is 6.34. The molecule has 61 heavy (non-hydrogen) atoms. The number of hydrogen-bond donors (Lipinski definition) is 0. The van der Waals surface area contributed by atoms with Crippen LogP contribution in [0.15, 0.2) is 192 Å². The maximum absolute atomic E-state index is 6.34. The van der Waals surface area contributed by atoms with E-state index >= 15 is 0 Å². The van der Waals surface area contributed by atoms with E-state index in [1.54, 1.807) is 0 Å². The first-order valence-corrected chi connectivity index (χ1v) is 22.4. The summed E-state index contributed by atoms with van der Waals surface area (Å²) in [6, 6.07) is 64.0. The van der Waals surface area contributed by atoms with Crippen LogP contribution in [0, 0.1) is 5.92 Å². The van der Waals surface area contributed by atoms with Crippen LogP contribution in [0.25, 0.3) is 58.8 Å². The van der Waals surface area contributed by atoms with Crippen molar-refractivity contribution in [1.82, 2.24) is 0 Å². The number of rotatable bonds is 3. The number of para-hydroxylation sites is 1. The summed E-state index contributed by atoms with van der Waals surface area (Å²) in [5.41, 5.74) is 19.8. The Morgan fingerprint density at radius 2 is 1.31 bits per heavy atom. The van der Waals surface area contributed by atoms with Crippen LogP contribution in [0.5, 0.6) is 0 Å². The molecule has 0 fully saturated rings. The van der Waals surface area contributed by atoms with Gasteiger partial charge in [-0.15, -0.1) is 11.3 Å². The monoisotopic (exact) mass is 797 g/mol. The largest absolute Gasteiger partial charge is 0.456 e. The number of allylic oxidation sites excluding steroid dienone is 4. The van der Waals surface area contributed by atoms with Gasteiger partial charge < -0.3 is 9.32 Å². The molecule has 0 saturated carbocycles. The third kappa shape index (κ3) is 4.22. The fraction of sp³-hybridized carbons (Fsp3) is 0.103. The van der Waals surface area contributed by atoms with Crippen LogP contribution in [0.2, 0.25) is 0 Å². The Labute approximate surface area is 358 Å². The van der Waals surface area contributed by atoms with E-state index in [2.05, 4.69) is 195 Å². The van der Waals surface area contributed by atoms with Crippen molar-refractivity contribution in [1.29, 1.82) is 0 Å². The van der Waals surface area contributed by atoms with Crippen molar-refractivity contribution in [2.75, 3.05) is 4.90 Å². The summed E-state index contributed by atoms with van der Waals surface area (Å²) in [5.74, 6) is 0.505. The summed E-state index contributed by atoms with van der Waals surface area (Å²) in [4.78, 5) is 2.53. The third-order valence-electron chi connectivity index (χ3n) is 14.7. The summed E-state index contributed by atoms with van der Waals surface area (Å²) in [6.07, 6.45) is 5.93. The number of thiophene rings is 1. The second-order valence-electron chi connectivity index (χ2n) is 17.8. The molecule has 10 aromatic rings. The molecule has 0 saturated heterocycles. The van der Waals surface area contributed by atoms with Crippen LogP contribution >= 0.6 is 11.3 Å². The summed E-state index contributed by atoms with van der Waals surface area (Å²) in [6.45, 7) is 4.81. The van der Waals surface area contributed by atoms with E-state index < -0.39 is 5.41 Å². The quantitative estimate of drug-likeness (QED) is 0.177. The molecule has 288 valence electrons. The normalized spacial score (nSPS) is 20.7. The summed E-state index contributed by atoms with van der Waals surface area (Å²) in [5, 5.41) is 4.91. The SMILES string of the molecule is CC1C=CC2=C(C1)c1ccccc1C2(c1ccccc1)c1ccc2c(c1)sc1cc3c(cc12)C1(C)c2ccccc2-c2cccc(c21)N3c1ccc2oc3ccccc3c2c1. The second-order valence-corrected chi connectivity index (χ2v) is 18.8. The number of furan rings is 1. The predicted molar refractivity (Wildman–Crippen MR) is 255 cm³/mol. The van der Waals surface area contributed by atoms with E-state index in [4.69, 9.17) is 4.42 Å². The average molecular weight is 798 g/mol. The Bertz CT molecular complexity index is 3620. The van der Waals surface area contributed by atoms with Gasteiger partial charge in [-0.25, -0.2) is 0 Å². The zero-order chi connectivity index (χ0) is 40.2. The highest BCUT2D eigenvalue weighted by Crippen LogP contribution is 2.64. The highest BCUT2D eigenvalue weighted by atomic mass is 32.1. The standard InChI is InChI=1S/C58H39NOS/c1-34-23-27-48-43(29-34)39-16-7-10-20-47(39)58(48,35-13-4-3-5-14-35)36-24-26-41-45-32-49-51(33-55(45)61-54(41)30-36)59(37-25-28-53-44(31-37)40-17-8-11-22-52(40)60-53)50-21-12-18-42-38-15-6-9-19-46(38)57(49,2)56(42)50/h3-28,30-34H,29H2,1-2H3. The van der Waals surface area contributed by atoms with E-state index in [1.807, 2.05) is 17.4 Å². The smallest absolute Gasteiger partial charge is 0.135 e. The number of hydrogen-bond acceptors (Lipinski definition) is 3. The molecule has 8 aromatic carbocycles. The summed E-state index contributed by atoms with van der Waals surface area (Å²) < 4.78 is 8.96. The fourth-order valence-electron chi connectivity index (χ4n) is 12.1. The van der Waals surface area contributed by atoms with Crippen LogP contribution in [0.1, 0.15) is 59.2 Å². The molecule has 3 unspecified atom stereocenters. The number of nitrogens with zero attached hydrogens (tertiary/aromatic N) is 1. The van der Waals surface area contributed by atoms with Gasteiger partial charge in [0.1, 0.15) is 11.2 Å². The Kier molecular flexibility index (Phi) is 6.59. The topological polar surface area (TPSA) is 16.4 Å². The third-order valence-corrected chi connectivity index (χ3v) is 15.8. The molecular weight excluding hydrogens is 759 g/mol. The molecule has 0 amide bonds. The molecule has 3 aliphatic carbocycles. The maximum Gasteiger partial charge on any atom is 0.135 e. The highest BCUT2D eigenvalue weighted by molar-refractivity contribution is 7.25. The molecule has 3 atom stereocenters. The zero-order valence-corrected chi connectivity index (χ0v) is 34.7. The molecule has 1 aliphatic heterocycles. The Hall–Kier alpha value is -6.94. The molecular formula is C58H39NOS. The lowest BCUT2D eigenvalue weighted by Gasteiger charge is -2.42. The van der Waals surface area contributed by atoms with E-state index in [9.17, 15) is 0 Å². The highest BCUT2D eigenvalue weighted by Gasteiger charge is 2.50. The lowest BCUT2D eigenvalue weighted by molar-refractivity contribution is 0.669. The van der Waals surface area contributed by atoms with Crippen LogP contribution in [-0.2, 0) is 10.8 Å². The van der Waals surface area contributed by atoms with Crippen LogP contribution in [0.4, 0.5) is 17.1 Å². The number of benzene rings is 8. The van der Waals surface area contributed by atoms with Crippen molar-refractivity contribution in [2.45, 2.75) is 31.1 Å². The molecule has 0 radical (unpaired) electrons. The molecule has 0 N–H and O–H groups in total. The number of anilines is 3. The van der Waals surface area contributed by atoms with Crippen molar-refractivity contribution in [2.24, 2.45) is 5.92 Å². The van der Waals surface area contributed by atoms with E-state index in [-0.39, 0.29) is 5.41 Å². The first kappa shape index (κ1) is 33.8. The lowest BCUT2D eigenvalue weighted by Crippen LogP contribution is -2.32. The second kappa shape index (κ2) is 11.9. The average Bonchev–Trinajstić information content (AvgIpc) is 4.02. The van der Waals surface area contributed by atoms with Crippen molar-refractivity contribution in [3.8, 4) is 11.1 Å². The van der Waals surface area contributed by atoms with Crippen molar-refractivity contribution in [3.05, 3.63) is 227 Å². The van der Waals surface area contributed by atoms with Crippen molar-refractivity contribution in [3.63, 3.8) is 0 Å². The van der Waals surface area contributed by atoms with Gasteiger partial charge in [0.05, 0.1) is 16.8 Å². The summed E-state index contributed by atoms with van der Waals surface area (Å²) >= 11 is 1.93. The molecule has 0 bridgehead atoms. The molecule has 3 heteroatoms. The van der Waals surface area contributed by atoms with Crippen LogP contribution < -0.4 is 4.90 Å². The lowest BCUT2D eigenvalue weighted by atomic mass is 9.66. The predicted octanol–water partition coefficient (Wildman–Crippen LogP) is 15.8. The number of fused-ring (bicyclic) bond motifs is 13. The van der Waals surface area contributed by atoms with E-state index in [0.717, 1.165) is 34.0 Å². The molecule has 0 spiro atoms. The Balaban J connectivity index is 1.04. The van der Waals surface area contributed by atoms with Crippen molar-refractivity contribution >= 4 is 76.1 Å². The first-order valence-electron chi connectivity index (χ1n) is 21.5. The Morgan fingerprint density at radius 1 is 0.557 bits per heavy atom. The minimum atomic E-state index is -0.404. The van der Waals surface area contributed by atoms with Gasteiger partial charge >= 0.3 is 0 Å². The molecule has 2 nitrogen and oxygen atoms in total. The zero-order valence-electron chi connectivity index (χ0n) is 33.9. The van der Waals surface area contributed by atoms with Crippen LogP contribution in [-0.4, -0.2) is 0 Å². The summed E-state index contributed by atoms with van der Waals surface area (Å²) in [7, 11) is 0. The van der Waals surface area contributed by atoms with Gasteiger partial charge in [-0.3, -0.25) is 0 Å². The van der Waals surface area contributed by atoms with E-state index in [1.165, 1.54) is 92.8 Å². The van der Waals surface area contributed by atoms with Crippen molar-refractivity contribution < 1.29 is 4.42 Å². The fourth-order valence-corrected chi connectivity index (χ4v) is 13.3. The van der Waals surface area contributed by atoms with Gasteiger partial charge in [0.2, 0.25) is 0 Å². The Morgan fingerprint density at radius 3 is 2.21 bits per heavy atom. The molecule has 2 aromatic heterocycles. The minimum Gasteiger partial charge on any atom is -0.456 e. The van der Waals surface area contributed by atoms with Gasteiger partial charge in [-0.05, 0) is 129 Å². The van der Waals surface area contributed by atoms with Gasteiger partial charge in [0, 0.05) is 42.0 Å². The minimum absolute atomic E-state index is 0.332. The first-order chi connectivity index (χ1) is 30.0. The molecule has 3 heterocycles. The van der Waals surface area contributed by atoms with Gasteiger partial charge in [0.25, 0.3) is 0 Å². The van der Waals surface area contributed by atoms with Crippen LogP contribution in [0.3, 0.4) is 0 Å². The van der Waals surface area contributed by atoms with Gasteiger partial charge in [-0.1, -0.05) is 140 Å². The van der Waals surface area contributed by atoms with Gasteiger partial charge in [-0.2, -0.15) is 0 Å². The van der Waals surface area contributed by atoms with E-state index in [0.29, 0.717) is 5.92 Å². The van der Waals surface area contributed by atoms with Gasteiger partial charge in [0.15, 0.2) is 0 Å².